The lowest BCUT2D eigenvalue weighted by molar-refractivity contribution is 0.102. The van der Waals surface area contributed by atoms with Gasteiger partial charge >= 0.3 is 0 Å². The van der Waals surface area contributed by atoms with Crippen LogP contribution in [0.4, 0.5) is 15.8 Å². The highest BCUT2D eigenvalue weighted by Gasteiger charge is 2.13. The van der Waals surface area contributed by atoms with E-state index in [1.807, 2.05) is 32.0 Å². The first-order chi connectivity index (χ1) is 12.9. The zero-order valence-electron chi connectivity index (χ0n) is 14.9. The molecule has 0 radical (unpaired) electrons. The van der Waals surface area contributed by atoms with Crippen molar-refractivity contribution in [2.24, 2.45) is 0 Å². The topological polar surface area (TPSA) is 71.1 Å². The summed E-state index contributed by atoms with van der Waals surface area (Å²) in [7, 11) is 0. The van der Waals surface area contributed by atoms with Crippen molar-refractivity contribution in [3.63, 3.8) is 0 Å². The number of carbonyl (C=O) groups is 2. The van der Waals surface area contributed by atoms with E-state index in [4.69, 9.17) is 0 Å². The Labute approximate surface area is 156 Å². The molecule has 0 saturated carbocycles. The van der Waals surface area contributed by atoms with E-state index in [0.717, 1.165) is 11.1 Å². The number of hydrogen-bond donors (Lipinski definition) is 2. The van der Waals surface area contributed by atoms with E-state index in [-0.39, 0.29) is 11.6 Å². The number of nitrogens with zero attached hydrogens (tertiary/aromatic N) is 1. The molecule has 1 heterocycles. The number of hydrogen-bond acceptors (Lipinski definition) is 3. The highest BCUT2D eigenvalue weighted by Crippen LogP contribution is 2.18. The fourth-order valence-electron chi connectivity index (χ4n) is 2.49. The normalized spacial score (nSPS) is 10.3. The van der Waals surface area contributed by atoms with Gasteiger partial charge in [-0.3, -0.25) is 14.6 Å². The van der Waals surface area contributed by atoms with Crippen LogP contribution in [0.2, 0.25) is 0 Å². The van der Waals surface area contributed by atoms with E-state index in [2.05, 4.69) is 15.6 Å². The van der Waals surface area contributed by atoms with Gasteiger partial charge in [0.25, 0.3) is 11.8 Å². The van der Waals surface area contributed by atoms with Gasteiger partial charge in [-0.25, -0.2) is 4.39 Å². The summed E-state index contributed by atoms with van der Waals surface area (Å²) in [6, 6.07) is 14.1. The van der Waals surface area contributed by atoms with Crippen LogP contribution in [0.3, 0.4) is 0 Å². The first kappa shape index (κ1) is 18.3. The summed E-state index contributed by atoms with van der Waals surface area (Å²) in [5, 5.41) is 5.47. The maximum absolute atomic E-state index is 13.0. The van der Waals surface area contributed by atoms with Crippen molar-refractivity contribution in [1.82, 2.24) is 4.98 Å². The van der Waals surface area contributed by atoms with Crippen LogP contribution in [0, 0.1) is 19.7 Å². The third kappa shape index (κ3) is 4.55. The molecule has 0 aliphatic heterocycles. The summed E-state index contributed by atoms with van der Waals surface area (Å²) in [5.74, 6) is -1.21. The zero-order chi connectivity index (χ0) is 19.4. The molecule has 2 N–H and O–H groups in total. The molecule has 0 spiro atoms. The SMILES string of the molecule is Cc1ccc(C)c(NC(=O)c2ccnc(C(=O)Nc3ccc(F)cc3)c2)c1. The number of pyridine rings is 1. The lowest BCUT2D eigenvalue weighted by Crippen LogP contribution is -2.17. The van der Waals surface area contributed by atoms with Gasteiger partial charge in [0.15, 0.2) is 0 Å². The predicted octanol–water partition coefficient (Wildman–Crippen LogP) is 4.34. The van der Waals surface area contributed by atoms with Crippen LogP contribution in [-0.4, -0.2) is 16.8 Å². The number of nitrogens with one attached hydrogen (secondary N) is 2. The number of aromatic nitrogens is 1. The minimum atomic E-state index is -0.483. The van der Waals surface area contributed by atoms with Crippen molar-refractivity contribution >= 4 is 23.2 Å². The van der Waals surface area contributed by atoms with Gasteiger partial charge in [-0.05, 0) is 67.4 Å². The van der Waals surface area contributed by atoms with Crippen molar-refractivity contribution in [3.8, 4) is 0 Å². The molecule has 0 atom stereocenters. The molecule has 1 aromatic heterocycles. The molecule has 27 heavy (non-hydrogen) atoms. The average Bonchev–Trinajstić information content (AvgIpc) is 2.66. The van der Waals surface area contributed by atoms with E-state index in [1.165, 1.54) is 42.6 Å². The van der Waals surface area contributed by atoms with Crippen LogP contribution in [0.25, 0.3) is 0 Å². The summed E-state index contributed by atoms with van der Waals surface area (Å²) in [5.41, 5.74) is 3.54. The third-order valence-corrected chi connectivity index (χ3v) is 4.00. The molecule has 0 fully saturated rings. The molecule has 0 aliphatic rings. The Morgan fingerprint density at radius 3 is 2.37 bits per heavy atom. The minimum Gasteiger partial charge on any atom is -0.322 e. The van der Waals surface area contributed by atoms with Gasteiger partial charge in [0.2, 0.25) is 0 Å². The second-order valence-electron chi connectivity index (χ2n) is 6.16. The van der Waals surface area contributed by atoms with Gasteiger partial charge in [0, 0.05) is 23.1 Å². The quantitative estimate of drug-likeness (QED) is 0.724. The summed E-state index contributed by atoms with van der Waals surface area (Å²) in [6.45, 7) is 3.85. The zero-order valence-corrected chi connectivity index (χ0v) is 14.9. The van der Waals surface area contributed by atoms with E-state index in [1.54, 1.807) is 0 Å². The number of rotatable bonds is 4. The smallest absolute Gasteiger partial charge is 0.274 e. The van der Waals surface area contributed by atoms with Gasteiger partial charge in [0.05, 0.1) is 0 Å². The van der Waals surface area contributed by atoms with E-state index >= 15 is 0 Å². The van der Waals surface area contributed by atoms with Crippen molar-refractivity contribution in [1.29, 1.82) is 0 Å². The van der Waals surface area contributed by atoms with Crippen LogP contribution in [0.1, 0.15) is 32.0 Å². The highest BCUT2D eigenvalue weighted by molar-refractivity contribution is 6.08. The molecule has 3 aromatic rings. The van der Waals surface area contributed by atoms with E-state index < -0.39 is 11.7 Å². The Balaban J connectivity index is 1.76. The molecule has 3 rings (SSSR count). The highest BCUT2D eigenvalue weighted by atomic mass is 19.1. The van der Waals surface area contributed by atoms with Crippen LogP contribution in [0.5, 0.6) is 0 Å². The first-order valence-electron chi connectivity index (χ1n) is 8.34. The Morgan fingerprint density at radius 2 is 1.63 bits per heavy atom. The molecule has 2 amide bonds. The summed E-state index contributed by atoms with van der Waals surface area (Å²) in [4.78, 5) is 28.9. The van der Waals surface area contributed by atoms with Crippen molar-refractivity contribution < 1.29 is 14.0 Å². The Kier molecular flexibility index (Phi) is 5.26. The molecule has 0 saturated heterocycles. The van der Waals surface area contributed by atoms with Gasteiger partial charge in [-0.1, -0.05) is 12.1 Å². The Bertz CT molecular complexity index is 1000. The maximum Gasteiger partial charge on any atom is 0.274 e. The fraction of sp³-hybridized carbons (Fsp3) is 0.0952. The number of halogens is 1. The monoisotopic (exact) mass is 363 g/mol. The molecular weight excluding hydrogens is 345 g/mol. The molecular formula is C21H18FN3O2. The minimum absolute atomic E-state index is 0.0907. The van der Waals surface area contributed by atoms with Gasteiger partial charge in [-0.2, -0.15) is 0 Å². The standard InChI is InChI=1S/C21H18FN3O2/c1-13-3-4-14(2)18(11-13)25-20(26)15-9-10-23-19(12-15)21(27)24-17-7-5-16(22)6-8-17/h3-12H,1-2H3,(H,24,27)(H,25,26). The number of aryl methyl sites for hydroxylation is 2. The molecule has 0 unspecified atom stereocenters. The molecule has 2 aromatic carbocycles. The number of carbonyl (C=O) groups excluding carboxylic acids is 2. The van der Waals surface area contributed by atoms with Crippen molar-refractivity contribution in [3.05, 3.63) is 89.0 Å². The molecule has 6 heteroatoms. The maximum atomic E-state index is 13.0. The predicted molar refractivity (Wildman–Crippen MR) is 102 cm³/mol. The third-order valence-electron chi connectivity index (χ3n) is 4.00. The molecule has 0 aliphatic carbocycles. The fourth-order valence-corrected chi connectivity index (χ4v) is 2.49. The van der Waals surface area contributed by atoms with Gasteiger partial charge in [-0.15, -0.1) is 0 Å². The van der Waals surface area contributed by atoms with Crippen LogP contribution in [0.15, 0.2) is 60.8 Å². The average molecular weight is 363 g/mol. The second-order valence-corrected chi connectivity index (χ2v) is 6.16. The Hall–Kier alpha value is -3.54. The lowest BCUT2D eigenvalue weighted by Gasteiger charge is -2.10. The van der Waals surface area contributed by atoms with E-state index in [0.29, 0.717) is 16.9 Å². The van der Waals surface area contributed by atoms with E-state index in [9.17, 15) is 14.0 Å². The van der Waals surface area contributed by atoms with Crippen molar-refractivity contribution in [2.45, 2.75) is 13.8 Å². The number of amides is 2. The Morgan fingerprint density at radius 1 is 0.889 bits per heavy atom. The van der Waals surface area contributed by atoms with Crippen LogP contribution in [-0.2, 0) is 0 Å². The van der Waals surface area contributed by atoms with Gasteiger partial charge in [0.1, 0.15) is 11.5 Å². The summed E-state index contributed by atoms with van der Waals surface area (Å²) < 4.78 is 13.0. The molecule has 136 valence electrons. The van der Waals surface area contributed by atoms with Gasteiger partial charge < -0.3 is 10.6 Å². The largest absolute Gasteiger partial charge is 0.322 e. The molecule has 5 nitrogen and oxygen atoms in total. The van der Waals surface area contributed by atoms with Crippen LogP contribution >= 0.6 is 0 Å². The van der Waals surface area contributed by atoms with Crippen LogP contribution < -0.4 is 10.6 Å². The second kappa shape index (κ2) is 7.78. The summed E-state index contributed by atoms with van der Waals surface area (Å²) >= 11 is 0. The summed E-state index contributed by atoms with van der Waals surface area (Å²) in [6.07, 6.45) is 1.40. The number of anilines is 2. The number of benzene rings is 2. The molecule has 0 bridgehead atoms. The lowest BCUT2D eigenvalue weighted by atomic mass is 10.1. The first-order valence-corrected chi connectivity index (χ1v) is 8.34. The van der Waals surface area contributed by atoms with Crippen molar-refractivity contribution in [2.75, 3.05) is 10.6 Å².